The summed E-state index contributed by atoms with van der Waals surface area (Å²) in [5, 5.41) is 21.7. The molecular weight excluding hydrogens is 784 g/mol. The van der Waals surface area contributed by atoms with Crippen LogP contribution in [0.3, 0.4) is 0 Å². The van der Waals surface area contributed by atoms with Gasteiger partial charge in [0.05, 0.1) is 23.9 Å². The Morgan fingerprint density at radius 2 is 1.71 bits per heavy atom. The molecule has 0 radical (unpaired) electrons. The molecule has 306 valence electrons. The molecule has 2 aromatic heterocycles. The maximum Gasteiger partial charge on any atom is 0.437 e. The monoisotopic (exact) mass is 831 g/mol. The first-order valence-corrected chi connectivity index (χ1v) is 22.1. The van der Waals surface area contributed by atoms with E-state index in [0.717, 1.165) is 5.56 Å². The zero-order valence-electron chi connectivity index (χ0n) is 33.8. The molecule has 3 heterocycles. The van der Waals surface area contributed by atoms with Gasteiger partial charge in [0.1, 0.15) is 12.1 Å². The van der Waals surface area contributed by atoms with Gasteiger partial charge in [-0.15, -0.1) is 10.1 Å². The number of H-pyrrole nitrogens is 1. The molecule has 5 aromatic rings. The van der Waals surface area contributed by atoms with Gasteiger partial charge in [-0.25, -0.2) is 14.6 Å². The standard InChI is InChI=1S/C41H48ClF2N9O4Si/c1-39(2,3)25-41(30-17-14-27(15-18-30)29-21-45-52(22-29)36(43)44)35(54)53(37(47-41)46-38(55)56-23-26-12-10-9-11-13-26)33(24-57-58(7,8)40(4,5)6)28-16-19-32(42)31(20-28)34-48-50-51-49-34/h9-22,33,36H,23-25H2,1-8H3,(H,46,47,55)(H,48,49,50,51)/t33?,41-/m1/s1. The number of nitrogens with one attached hydrogen (secondary N) is 2. The number of alkyl halides is 2. The number of carbonyl (C=O) groups excluding carboxylic acids is 2. The van der Waals surface area contributed by atoms with Crippen molar-refractivity contribution >= 4 is 37.9 Å². The van der Waals surface area contributed by atoms with Crippen molar-refractivity contribution in [3.05, 3.63) is 107 Å². The van der Waals surface area contributed by atoms with Crippen molar-refractivity contribution < 1.29 is 27.5 Å². The third-order valence-corrected chi connectivity index (χ3v) is 15.4. The first-order chi connectivity index (χ1) is 27.3. The van der Waals surface area contributed by atoms with Gasteiger partial charge in [-0.3, -0.25) is 9.69 Å². The van der Waals surface area contributed by atoms with Crippen molar-refractivity contribution in [3.8, 4) is 22.5 Å². The van der Waals surface area contributed by atoms with E-state index in [9.17, 15) is 13.6 Å². The summed E-state index contributed by atoms with van der Waals surface area (Å²) in [5.41, 5.74) is 1.65. The van der Waals surface area contributed by atoms with E-state index in [1.807, 2.05) is 51.1 Å². The lowest BCUT2D eigenvalue weighted by atomic mass is 9.75. The van der Waals surface area contributed by atoms with Crippen LogP contribution in [0.15, 0.2) is 90.2 Å². The number of hydrogen-bond acceptors (Lipinski definition) is 8. The zero-order chi connectivity index (χ0) is 42.0. The molecule has 1 aliphatic rings. The van der Waals surface area contributed by atoms with Crippen LogP contribution in [0.1, 0.15) is 77.2 Å². The average molecular weight is 832 g/mol. The van der Waals surface area contributed by atoms with Crippen LogP contribution in [0.2, 0.25) is 23.2 Å². The summed E-state index contributed by atoms with van der Waals surface area (Å²) in [4.78, 5) is 35.2. The number of aliphatic imine (C=N–C) groups is 1. The lowest BCUT2D eigenvalue weighted by Crippen LogP contribution is -2.48. The quantitative estimate of drug-likeness (QED) is 0.117. The molecule has 1 unspecified atom stereocenters. The fourth-order valence-electron chi connectivity index (χ4n) is 6.60. The van der Waals surface area contributed by atoms with Crippen LogP contribution < -0.4 is 5.32 Å². The zero-order valence-corrected chi connectivity index (χ0v) is 35.5. The largest absolute Gasteiger partial charge is 0.443 e. The van der Waals surface area contributed by atoms with Crippen LogP contribution in [0, 0.1) is 5.41 Å². The molecule has 13 nitrogen and oxygen atoms in total. The van der Waals surface area contributed by atoms with Gasteiger partial charge in [-0.2, -0.15) is 13.9 Å². The smallest absolute Gasteiger partial charge is 0.437 e. The fourth-order valence-corrected chi connectivity index (χ4v) is 7.81. The molecule has 1 fully saturated rings. The number of nitrogens with zero attached hydrogens (tertiary/aromatic N) is 7. The first kappa shape index (κ1) is 42.3. The van der Waals surface area contributed by atoms with Gasteiger partial charge in [0.25, 0.3) is 5.91 Å². The van der Waals surface area contributed by atoms with E-state index in [4.69, 9.17) is 20.8 Å². The number of tetrazole rings is 1. The highest BCUT2D eigenvalue weighted by molar-refractivity contribution is 6.74. The molecule has 58 heavy (non-hydrogen) atoms. The Morgan fingerprint density at radius 1 is 1.00 bits per heavy atom. The number of halogens is 3. The van der Waals surface area contributed by atoms with Crippen LogP contribution in [0.4, 0.5) is 13.6 Å². The minimum Gasteiger partial charge on any atom is -0.443 e. The van der Waals surface area contributed by atoms with E-state index in [2.05, 4.69) is 69.9 Å². The minimum atomic E-state index is -2.79. The Bertz CT molecular complexity index is 2260. The summed E-state index contributed by atoms with van der Waals surface area (Å²) in [7, 11) is -2.45. The van der Waals surface area contributed by atoms with E-state index in [0.29, 0.717) is 43.3 Å². The van der Waals surface area contributed by atoms with Crippen molar-refractivity contribution in [1.29, 1.82) is 0 Å². The molecule has 1 saturated heterocycles. The van der Waals surface area contributed by atoms with Gasteiger partial charge < -0.3 is 14.5 Å². The summed E-state index contributed by atoms with van der Waals surface area (Å²) in [5.74, 6) is -0.102. The third-order valence-electron chi connectivity index (χ3n) is 10.5. The van der Waals surface area contributed by atoms with E-state index < -0.39 is 43.9 Å². The molecule has 2 N–H and O–H groups in total. The molecular formula is C41H48ClF2N9O4Si. The second-order valence-electron chi connectivity index (χ2n) is 17.1. The Morgan fingerprint density at radius 3 is 2.31 bits per heavy atom. The predicted molar refractivity (Wildman–Crippen MR) is 219 cm³/mol. The third kappa shape index (κ3) is 9.19. The summed E-state index contributed by atoms with van der Waals surface area (Å²) < 4.78 is 39.8. The minimum absolute atomic E-state index is 0.0312. The number of benzene rings is 3. The molecule has 2 atom stereocenters. The summed E-state index contributed by atoms with van der Waals surface area (Å²) in [6.45, 7) is 13.9. The molecule has 0 bridgehead atoms. The SMILES string of the molecule is CC(C)(C)C[C@]1(c2ccc(-c3cnn(C(F)F)c3)cc2)NC(=NC(=O)OCc2ccccc2)N(C(CO[Si](C)(C)C(C)(C)C)c2ccc(Cl)c(-c3nnn[nH]3)c2)C1=O. The van der Waals surface area contributed by atoms with Gasteiger partial charge >= 0.3 is 12.6 Å². The van der Waals surface area contributed by atoms with Gasteiger partial charge in [0.2, 0.25) is 5.96 Å². The topological polar surface area (TPSA) is 153 Å². The average Bonchev–Trinajstić information content (AvgIpc) is 3.93. The van der Waals surface area contributed by atoms with E-state index in [1.165, 1.54) is 17.3 Å². The molecule has 17 heteroatoms. The lowest BCUT2D eigenvalue weighted by molar-refractivity contribution is -0.134. The fraction of sp³-hybridized carbons (Fsp3) is 0.390. The lowest BCUT2D eigenvalue weighted by Gasteiger charge is -2.39. The van der Waals surface area contributed by atoms with Gasteiger partial charge in [0, 0.05) is 17.3 Å². The molecule has 3 aromatic carbocycles. The number of ether oxygens (including phenoxy) is 1. The van der Waals surface area contributed by atoms with Gasteiger partial charge in [-0.1, -0.05) is 114 Å². The second-order valence-corrected chi connectivity index (χ2v) is 22.3. The Hall–Kier alpha value is -5.32. The van der Waals surface area contributed by atoms with Crippen molar-refractivity contribution in [2.24, 2.45) is 10.4 Å². The van der Waals surface area contributed by atoms with Crippen LogP contribution >= 0.6 is 11.6 Å². The van der Waals surface area contributed by atoms with Crippen LogP contribution in [-0.2, 0) is 26.1 Å². The van der Waals surface area contributed by atoms with Crippen molar-refractivity contribution in [3.63, 3.8) is 0 Å². The molecule has 2 amide bonds. The Labute approximate surface area is 342 Å². The highest BCUT2D eigenvalue weighted by atomic mass is 35.5. The maximum atomic E-state index is 15.7. The van der Waals surface area contributed by atoms with Crippen molar-refractivity contribution in [2.45, 2.75) is 90.8 Å². The van der Waals surface area contributed by atoms with E-state index in [1.54, 1.807) is 42.5 Å². The van der Waals surface area contributed by atoms with Gasteiger partial charge in [-0.05, 0) is 74.8 Å². The first-order valence-electron chi connectivity index (χ1n) is 18.8. The number of aromatic nitrogens is 6. The van der Waals surface area contributed by atoms with Crippen molar-refractivity contribution in [2.75, 3.05) is 6.61 Å². The normalized spacial score (nSPS) is 17.6. The van der Waals surface area contributed by atoms with E-state index in [-0.39, 0.29) is 30.6 Å². The van der Waals surface area contributed by atoms with Gasteiger partial charge in [0.15, 0.2) is 14.1 Å². The summed E-state index contributed by atoms with van der Waals surface area (Å²) in [6, 6.07) is 20.7. The van der Waals surface area contributed by atoms with Crippen LogP contribution in [0.5, 0.6) is 0 Å². The number of carbonyl (C=O) groups is 2. The molecule has 0 saturated carbocycles. The summed E-state index contributed by atoms with van der Waals surface area (Å²) in [6.07, 6.45) is 1.98. The number of amides is 2. The number of hydrogen-bond donors (Lipinski definition) is 2. The molecule has 0 spiro atoms. The van der Waals surface area contributed by atoms with Crippen molar-refractivity contribution in [1.82, 2.24) is 40.6 Å². The highest BCUT2D eigenvalue weighted by Crippen LogP contribution is 2.44. The molecule has 6 rings (SSSR count). The second kappa shape index (κ2) is 16.5. The van der Waals surface area contributed by atoms with Crippen LogP contribution in [0.25, 0.3) is 22.5 Å². The predicted octanol–water partition coefficient (Wildman–Crippen LogP) is 9.30. The van der Waals surface area contributed by atoms with E-state index >= 15 is 4.79 Å². The number of guanidine groups is 1. The Balaban J connectivity index is 1.51. The highest BCUT2D eigenvalue weighted by Gasteiger charge is 2.55. The number of rotatable bonds is 12. The maximum absolute atomic E-state index is 15.7. The molecule has 1 aliphatic heterocycles. The van der Waals surface area contributed by atoms with Crippen LogP contribution in [-0.4, -0.2) is 68.2 Å². The number of aromatic amines is 1. The summed E-state index contributed by atoms with van der Waals surface area (Å²) >= 11 is 6.68. The molecule has 0 aliphatic carbocycles. The Kier molecular flexibility index (Phi) is 12.0.